The lowest BCUT2D eigenvalue weighted by atomic mass is 9.90. The van der Waals surface area contributed by atoms with E-state index in [1.165, 1.54) is 34.7 Å². The van der Waals surface area contributed by atoms with E-state index in [1.807, 2.05) is 42.5 Å². The number of piperidine rings is 1. The number of fused-ring (bicyclic) bond motifs is 2. The van der Waals surface area contributed by atoms with Crippen LogP contribution < -0.4 is 26.2 Å². The van der Waals surface area contributed by atoms with Crippen molar-refractivity contribution in [3.63, 3.8) is 0 Å². The van der Waals surface area contributed by atoms with Gasteiger partial charge in [0.1, 0.15) is 47.1 Å². The molecule has 15 heteroatoms. The Balaban J connectivity index is 0.932. The van der Waals surface area contributed by atoms with Gasteiger partial charge >= 0.3 is 0 Å². The monoisotopic (exact) mass is 739 g/mol. The Kier molecular flexibility index (Phi) is 9.64. The van der Waals surface area contributed by atoms with Gasteiger partial charge < -0.3 is 30.7 Å². The molecule has 12 nitrogen and oxygen atoms in total. The van der Waals surface area contributed by atoms with Gasteiger partial charge in [-0.15, -0.1) is 11.3 Å². The SMILES string of the molecule is Nc1nc2sc(CNCC3CCN(C[C@@](O)(Cn4cncn4)c4ccc(F)cc4F)CC3)cc2n(-c2ccc3c(c2)N(c2ccccc2)CCO3)c1=O. The second-order valence-corrected chi connectivity index (χ2v) is 14.7. The molecular formula is C38H39F2N9O3S. The Hall–Kier alpha value is -5.22. The molecule has 4 N–H and O–H groups in total. The van der Waals surface area contributed by atoms with Gasteiger partial charge in [-0.1, -0.05) is 24.3 Å². The summed E-state index contributed by atoms with van der Waals surface area (Å²) < 4.78 is 37.7. The number of nitrogen functional groups attached to an aromatic ring is 1. The van der Waals surface area contributed by atoms with Crippen LogP contribution in [0.3, 0.4) is 0 Å². The standard InChI is InChI=1S/C38H39F2N9O3S/c39-26-6-8-30(31(40)16-26)38(51,22-47-24-43-23-44-47)21-46-12-10-25(11-13-46)19-42-20-29-18-33-36(53-29)45-35(41)37(50)49(33)28-7-9-34-32(17-28)48(14-15-52-34)27-4-2-1-3-5-27/h1-9,16-18,23-25,42,51H,10-15,19-22H2,(H2,41,45)/t38-/m1/s1. The van der Waals surface area contributed by atoms with Crippen LogP contribution in [-0.4, -0.2) is 73.7 Å². The molecule has 0 spiro atoms. The minimum Gasteiger partial charge on any atom is -0.490 e. The number of nitrogens with one attached hydrogen (secondary N) is 1. The number of likely N-dealkylation sites (tertiary alicyclic amines) is 1. The topological polar surface area (TPSA) is 140 Å². The molecule has 274 valence electrons. The summed E-state index contributed by atoms with van der Waals surface area (Å²) in [7, 11) is 0. The average molecular weight is 740 g/mol. The van der Waals surface area contributed by atoms with Crippen LogP contribution in [0.15, 0.2) is 90.2 Å². The fourth-order valence-corrected chi connectivity index (χ4v) is 8.39. The first-order valence-electron chi connectivity index (χ1n) is 17.6. The normalized spacial score (nSPS) is 16.4. The predicted molar refractivity (Wildman–Crippen MR) is 200 cm³/mol. The van der Waals surface area contributed by atoms with Crippen LogP contribution in [0.4, 0.5) is 26.0 Å². The van der Waals surface area contributed by atoms with Gasteiger partial charge in [-0.05, 0) is 80.9 Å². The number of para-hydroxylation sites is 1. The van der Waals surface area contributed by atoms with Crippen LogP contribution in [0.2, 0.25) is 0 Å². The molecule has 5 heterocycles. The highest BCUT2D eigenvalue weighted by atomic mass is 32.1. The quantitative estimate of drug-likeness (QED) is 0.170. The Labute approximate surface area is 308 Å². The number of hydrogen-bond donors (Lipinski definition) is 3. The van der Waals surface area contributed by atoms with Crippen molar-refractivity contribution >= 4 is 38.9 Å². The number of hydrogen-bond acceptors (Lipinski definition) is 11. The van der Waals surface area contributed by atoms with Crippen molar-refractivity contribution in [2.24, 2.45) is 5.92 Å². The zero-order valence-corrected chi connectivity index (χ0v) is 29.7. The molecule has 2 aliphatic rings. The third-order valence-electron chi connectivity index (χ3n) is 10.0. The lowest BCUT2D eigenvalue weighted by Gasteiger charge is -2.38. The third-order valence-corrected chi connectivity index (χ3v) is 11.0. The van der Waals surface area contributed by atoms with Crippen LogP contribution >= 0.6 is 11.3 Å². The van der Waals surface area contributed by atoms with Crippen LogP contribution in [0.25, 0.3) is 16.0 Å². The molecule has 8 rings (SSSR count). The van der Waals surface area contributed by atoms with Crippen molar-refractivity contribution in [1.29, 1.82) is 0 Å². The molecule has 0 radical (unpaired) electrons. The number of aliphatic hydroxyl groups is 1. The van der Waals surface area contributed by atoms with Crippen molar-refractivity contribution in [1.82, 2.24) is 34.5 Å². The van der Waals surface area contributed by atoms with Gasteiger partial charge in [0.2, 0.25) is 0 Å². The zero-order chi connectivity index (χ0) is 36.5. The van der Waals surface area contributed by atoms with Crippen molar-refractivity contribution < 1.29 is 18.6 Å². The van der Waals surface area contributed by atoms with Crippen LogP contribution in [0.5, 0.6) is 5.75 Å². The molecule has 1 saturated heterocycles. The summed E-state index contributed by atoms with van der Waals surface area (Å²) in [5, 5.41) is 19.4. The number of rotatable bonds is 11. The van der Waals surface area contributed by atoms with Crippen LogP contribution in [-0.2, 0) is 18.7 Å². The van der Waals surface area contributed by atoms with Crippen LogP contribution in [0, 0.1) is 17.6 Å². The molecule has 6 aromatic rings. The Morgan fingerprint density at radius 1 is 1.00 bits per heavy atom. The maximum atomic E-state index is 14.9. The fourth-order valence-electron chi connectivity index (χ4n) is 7.39. The molecule has 1 atom stereocenters. The van der Waals surface area contributed by atoms with E-state index in [4.69, 9.17) is 10.5 Å². The van der Waals surface area contributed by atoms with E-state index in [1.54, 1.807) is 4.57 Å². The van der Waals surface area contributed by atoms with E-state index >= 15 is 0 Å². The zero-order valence-electron chi connectivity index (χ0n) is 28.9. The molecule has 0 aliphatic carbocycles. The first-order valence-corrected chi connectivity index (χ1v) is 18.4. The molecule has 0 saturated carbocycles. The maximum Gasteiger partial charge on any atom is 0.298 e. The molecule has 3 aromatic carbocycles. The highest BCUT2D eigenvalue weighted by molar-refractivity contribution is 7.18. The van der Waals surface area contributed by atoms with Crippen LogP contribution in [0.1, 0.15) is 23.3 Å². The summed E-state index contributed by atoms with van der Waals surface area (Å²) in [6.45, 7) is 4.17. The van der Waals surface area contributed by atoms with E-state index in [0.717, 1.165) is 53.5 Å². The molecule has 1 fully saturated rings. The van der Waals surface area contributed by atoms with Gasteiger partial charge in [-0.2, -0.15) is 5.10 Å². The minimum atomic E-state index is -1.63. The number of halogens is 2. The lowest BCUT2D eigenvalue weighted by Crippen LogP contribution is -2.48. The Bertz CT molecular complexity index is 2280. The first kappa shape index (κ1) is 34.8. The summed E-state index contributed by atoms with van der Waals surface area (Å²) in [5.74, 6) is -0.414. The van der Waals surface area contributed by atoms with Crippen molar-refractivity contribution in [3.8, 4) is 11.4 Å². The average Bonchev–Trinajstić information content (AvgIpc) is 3.82. The number of thiophene rings is 1. The van der Waals surface area contributed by atoms with Crippen molar-refractivity contribution in [3.05, 3.63) is 118 Å². The van der Waals surface area contributed by atoms with Gasteiger partial charge in [0.05, 0.1) is 30.0 Å². The number of β-amino-alcohol motifs (C(OH)–C–C–N with tert-alkyl or cyclic N) is 1. The summed E-state index contributed by atoms with van der Waals surface area (Å²) in [6.07, 6.45) is 4.58. The fraction of sp³-hybridized carbons (Fsp3) is 0.316. The number of nitrogens with two attached hydrogens (primary N) is 1. The molecule has 53 heavy (non-hydrogen) atoms. The second-order valence-electron chi connectivity index (χ2n) is 13.6. The number of aromatic nitrogens is 5. The maximum absolute atomic E-state index is 14.9. The molecule has 3 aromatic heterocycles. The third kappa shape index (κ3) is 7.25. The predicted octanol–water partition coefficient (Wildman–Crippen LogP) is 4.82. The van der Waals surface area contributed by atoms with Gasteiger partial charge in [-0.3, -0.25) is 9.36 Å². The first-order chi connectivity index (χ1) is 25.7. The van der Waals surface area contributed by atoms with Gasteiger partial charge in [0.15, 0.2) is 5.82 Å². The van der Waals surface area contributed by atoms with E-state index < -0.39 is 17.2 Å². The number of benzene rings is 3. The van der Waals surface area contributed by atoms with Crippen molar-refractivity contribution in [2.45, 2.75) is 31.5 Å². The summed E-state index contributed by atoms with van der Waals surface area (Å²) >= 11 is 1.50. The lowest BCUT2D eigenvalue weighted by molar-refractivity contribution is -0.0286. The second kappa shape index (κ2) is 14.7. The van der Waals surface area contributed by atoms with E-state index in [2.05, 4.69) is 42.3 Å². The highest BCUT2D eigenvalue weighted by Gasteiger charge is 2.36. The van der Waals surface area contributed by atoms with E-state index in [0.29, 0.717) is 54.7 Å². The Morgan fingerprint density at radius 2 is 1.83 bits per heavy atom. The number of nitrogens with zero attached hydrogens (tertiary/aromatic N) is 7. The highest BCUT2D eigenvalue weighted by Crippen LogP contribution is 2.39. The van der Waals surface area contributed by atoms with Gasteiger partial charge in [0.25, 0.3) is 5.56 Å². The molecule has 0 bridgehead atoms. The minimum absolute atomic E-state index is 0.0203. The number of anilines is 3. The molecule has 0 unspecified atom stereocenters. The van der Waals surface area contributed by atoms with E-state index in [-0.39, 0.29) is 30.0 Å². The summed E-state index contributed by atoms with van der Waals surface area (Å²) in [4.78, 5) is 27.9. The molecule has 0 amide bonds. The smallest absolute Gasteiger partial charge is 0.298 e. The molecule has 2 aliphatic heterocycles. The van der Waals surface area contributed by atoms with Crippen molar-refractivity contribution in [2.75, 3.05) is 50.0 Å². The molecular weight excluding hydrogens is 701 g/mol. The number of ether oxygens (including phenoxy) is 1. The Morgan fingerprint density at radius 3 is 2.60 bits per heavy atom. The van der Waals surface area contributed by atoms with Gasteiger partial charge in [0, 0.05) is 35.3 Å². The van der Waals surface area contributed by atoms with Gasteiger partial charge in [-0.25, -0.2) is 23.4 Å². The van der Waals surface area contributed by atoms with E-state index in [9.17, 15) is 18.7 Å². The summed E-state index contributed by atoms with van der Waals surface area (Å²) in [6, 6.07) is 21.1. The largest absolute Gasteiger partial charge is 0.490 e. The summed E-state index contributed by atoms with van der Waals surface area (Å²) in [5.41, 5.74) is 7.47.